The molecular formula is C24H32N2O6S. The maximum absolute atomic E-state index is 13.8. The van der Waals surface area contributed by atoms with Crippen molar-refractivity contribution in [3.63, 3.8) is 0 Å². The van der Waals surface area contributed by atoms with Gasteiger partial charge in [0.2, 0.25) is 11.7 Å². The number of benzene rings is 1. The molecule has 1 aromatic carbocycles. The summed E-state index contributed by atoms with van der Waals surface area (Å²) in [5.41, 5.74) is 2.59. The fourth-order valence-electron chi connectivity index (χ4n) is 4.60. The molecule has 180 valence electrons. The maximum Gasteiger partial charge on any atom is 0.347 e. The van der Waals surface area contributed by atoms with Crippen molar-refractivity contribution >= 4 is 21.6 Å². The van der Waals surface area contributed by atoms with Gasteiger partial charge in [0, 0.05) is 12.6 Å². The highest BCUT2D eigenvalue weighted by atomic mass is 32.2. The molecule has 8 nitrogen and oxygen atoms in total. The van der Waals surface area contributed by atoms with Gasteiger partial charge in [0.05, 0.1) is 22.9 Å². The second-order valence-corrected chi connectivity index (χ2v) is 11.3. The number of ether oxygens (including phenoxy) is 2. The average molecular weight is 477 g/mol. The summed E-state index contributed by atoms with van der Waals surface area (Å²) in [5.74, 6) is -0.609. The Hall–Kier alpha value is -2.68. The number of carbonyl (C=O) groups is 2. The summed E-state index contributed by atoms with van der Waals surface area (Å²) in [5, 5.41) is 4.33. The Balaban J connectivity index is 2.17. The van der Waals surface area contributed by atoms with Crippen molar-refractivity contribution in [3.8, 4) is 5.88 Å². The number of sulfone groups is 1. The molecule has 9 heteroatoms. The van der Waals surface area contributed by atoms with Crippen LogP contribution in [0.1, 0.15) is 72.4 Å². The predicted molar refractivity (Wildman–Crippen MR) is 124 cm³/mol. The SMILES string of the molecule is CCOC(=O)C(C)Oc1c(C(=O)c2cc(C)c3c(c2C)C(C)(C)CCS3(=O)=O)c(C)nn1C. The van der Waals surface area contributed by atoms with Crippen molar-refractivity contribution in [1.82, 2.24) is 9.78 Å². The number of ketones is 1. The molecule has 1 unspecified atom stereocenters. The smallest absolute Gasteiger partial charge is 0.347 e. The maximum atomic E-state index is 13.8. The van der Waals surface area contributed by atoms with Gasteiger partial charge in [-0.25, -0.2) is 17.9 Å². The Morgan fingerprint density at radius 1 is 1.24 bits per heavy atom. The summed E-state index contributed by atoms with van der Waals surface area (Å²) in [6.45, 7) is 12.7. The van der Waals surface area contributed by atoms with Gasteiger partial charge in [0.15, 0.2) is 15.9 Å². The molecule has 0 fully saturated rings. The summed E-state index contributed by atoms with van der Waals surface area (Å²) < 4.78 is 38.0. The lowest BCUT2D eigenvalue weighted by molar-refractivity contribution is -0.150. The molecule has 1 aromatic heterocycles. The fourth-order valence-corrected chi connectivity index (χ4v) is 6.88. The Morgan fingerprint density at radius 3 is 2.48 bits per heavy atom. The summed E-state index contributed by atoms with van der Waals surface area (Å²) >= 11 is 0. The third-order valence-electron chi connectivity index (χ3n) is 6.26. The number of aryl methyl sites for hydroxylation is 3. The van der Waals surface area contributed by atoms with E-state index in [2.05, 4.69) is 5.10 Å². The molecule has 1 aliphatic rings. The predicted octanol–water partition coefficient (Wildman–Crippen LogP) is 3.36. The van der Waals surface area contributed by atoms with Crippen molar-refractivity contribution in [2.75, 3.05) is 12.4 Å². The number of hydrogen-bond acceptors (Lipinski definition) is 7. The topological polar surface area (TPSA) is 105 Å². The molecule has 0 radical (unpaired) electrons. The number of aromatic nitrogens is 2. The average Bonchev–Trinajstić information content (AvgIpc) is 2.99. The Labute approximate surface area is 195 Å². The number of rotatable bonds is 6. The molecule has 0 amide bonds. The van der Waals surface area contributed by atoms with E-state index in [1.807, 2.05) is 13.8 Å². The van der Waals surface area contributed by atoms with Crippen LogP contribution in [0, 0.1) is 20.8 Å². The van der Waals surface area contributed by atoms with Crippen LogP contribution in [-0.4, -0.2) is 48.4 Å². The zero-order valence-corrected chi connectivity index (χ0v) is 21.3. The van der Waals surface area contributed by atoms with Crippen molar-refractivity contribution < 1.29 is 27.5 Å². The molecule has 0 saturated carbocycles. The van der Waals surface area contributed by atoms with Gasteiger partial charge in [-0.2, -0.15) is 5.10 Å². The molecule has 0 spiro atoms. The second kappa shape index (κ2) is 8.59. The fraction of sp³-hybridized carbons (Fsp3) is 0.542. The zero-order valence-electron chi connectivity index (χ0n) is 20.5. The lowest BCUT2D eigenvalue weighted by Gasteiger charge is -2.35. The molecule has 2 aromatic rings. The molecule has 0 bridgehead atoms. The monoisotopic (exact) mass is 476 g/mol. The van der Waals surface area contributed by atoms with Crippen molar-refractivity contribution in [2.45, 2.75) is 71.3 Å². The van der Waals surface area contributed by atoms with Gasteiger partial charge in [-0.1, -0.05) is 13.8 Å². The van der Waals surface area contributed by atoms with Gasteiger partial charge in [0.25, 0.3) is 0 Å². The van der Waals surface area contributed by atoms with E-state index in [0.717, 1.165) is 0 Å². The van der Waals surface area contributed by atoms with Crippen LogP contribution in [0.5, 0.6) is 5.88 Å². The van der Waals surface area contributed by atoms with E-state index in [9.17, 15) is 18.0 Å². The molecule has 0 N–H and O–H groups in total. The van der Waals surface area contributed by atoms with E-state index in [1.165, 1.54) is 4.68 Å². The van der Waals surface area contributed by atoms with E-state index in [4.69, 9.17) is 9.47 Å². The molecule has 0 aliphatic carbocycles. The number of nitrogens with zero attached hydrogens (tertiary/aromatic N) is 2. The number of esters is 1. The standard InChI is InChI=1S/C24H32N2O6S/c1-9-31-23(28)16(5)32-22-18(15(4)25-26(22)8)20(27)17-12-13(2)21-19(14(17)3)24(6,7)10-11-33(21,29)30/h12,16H,9-11H2,1-8H3. The van der Waals surface area contributed by atoms with Crippen LogP contribution in [-0.2, 0) is 31.8 Å². The van der Waals surface area contributed by atoms with Crippen molar-refractivity contribution in [2.24, 2.45) is 7.05 Å². The van der Waals surface area contributed by atoms with Crippen molar-refractivity contribution in [1.29, 1.82) is 0 Å². The first kappa shape index (κ1) is 25.0. The van der Waals surface area contributed by atoms with Crippen LogP contribution < -0.4 is 4.74 Å². The molecular weight excluding hydrogens is 444 g/mol. The van der Waals surface area contributed by atoms with E-state index in [0.29, 0.717) is 39.3 Å². The molecule has 2 heterocycles. The number of carbonyl (C=O) groups excluding carboxylic acids is 2. The number of hydrogen-bond donors (Lipinski definition) is 0. The highest BCUT2D eigenvalue weighted by Crippen LogP contribution is 2.43. The highest BCUT2D eigenvalue weighted by Gasteiger charge is 2.40. The second-order valence-electron chi connectivity index (χ2n) is 9.25. The summed E-state index contributed by atoms with van der Waals surface area (Å²) in [6.07, 6.45) is -0.445. The molecule has 0 saturated heterocycles. The Bertz CT molecular complexity index is 1240. The van der Waals surface area contributed by atoms with Gasteiger partial charge in [-0.05, 0) is 69.2 Å². The lowest BCUT2D eigenvalue weighted by Crippen LogP contribution is -2.33. The van der Waals surface area contributed by atoms with Crippen LogP contribution in [0.2, 0.25) is 0 Å². The van der Waals surface area contributed by atoms with E-state index in [1.54, 1.807) is 47.7 Å². The van der Waals surface area contributed by atoms with Crippen molar-refractivity contribution in [3.05, 3.63) is 39.6 Å². The quantitative estimate of drug-likeness (QED) is 0.465. The molecule has 33 heavy (non-hydrogen) atoms. The van der Waals surface area contributed by atoms with Gasteiger partial charge in [-0.15, -0.1) is 0 Å². The normalized spacial score (nSPS) is 17.2. The first-order chi connectivity index (χ1) is 15.2. The van der Waals surface area contributed by atoms with Gasteiger partial charge in [-0.3, -0.25) is 4.79 Å². The van der Waals surface area contributed by atoms with Gasteiger partial charge < -0.3 is 9.47 Å². The minimum absolute atomic E-state index is 0.0893. The third-order valence-corrected chi connectivity index (χ3v) is 8.15. The van der Waals surface area contributed by atoms with Gasteiger partial charge >= 0.3 is 5.97 Å². The highest BCUT2D eigenvalue weighted by molar-refractivity contribution is 7.91. The minimum Gasteiger partial charge on any atom is -0.463 e. The largest absolute Gasteiger partial charge is 0.463 e. The summed E-state index contributed by atoms with van der Waals surface area (Å²) in [7, 11) is -1.78. The van der Waals surface area contributed by atoms with E-state index < -0.39 is 27.3 Å². The van der Waals surface area contributed by atoms with Gasteiger partial charge in [0.1, 0.15) is 5.56 Å². The summed E-state index contributed by atoms with van der Waals surface area (Å²) in [4.78, 5) is 26.2. The summed E-state index contributed by atoms with van der Waals surface area (Å²) in [6, 6.07) is 1.64. The lowest BCUT2D eigenvalue weighted by atomic mass is 9.76. The van der Waals surface area contributed by atoms with Crippen LogP contribution in [0.15, 0.2) is 11.0 Å². The first-order valence-electron chi connectivity index (χ1n) is 11.0. The minimum atomic E-state index is -3.42. The Morgan fingerprint density at radius 2 is 1.88 bits per heavy atom. The van der Waals surface area contributed by atoms with Crippen LogP contribution in [0.4, 0.5) is 0 Å². The van der Waals surface area contributed by atoms with Crippen LogP contribution in [0.25, 0.3) is 0 Å². The van der Waals surface area contributed by atoms with E-state index in [-0.39, 0.29) is 29.6 Å². The third kappa shape index (κ3) is 4.30. The molecule has 1 atom stereocenters. The molecule has 3 rings (SSSR count). The first-order valence-corrected chi connectivity index (χ1v) is 12.7. The Kier molecular flexibility index (Phi) is 6.50. The molecule has 1 aliphatic heterocycles. The van der Waals surface area contributed by atoms with Crippen LogP contribution >= 0.6 is 0 Å². The zero-order chi connectivity index (χ0) is 24.9. The number of fused-ring (bicyclic) bond motifs is 1. The van der Waals surface area contributed by atoms with Crippen LogP contribution in [0.3, 0.4) is 0 Å². The van der Waals surface area contributed by atoms with E-state index >= 15 is 0 Å².